The Morgan fingerprint density at radius 3 is 2.78 bits per heavy atom. The number of nitrogens with zero attached hydrogens (tertiary/aromatic N) is 3. The third-order valence-electron chi connectivity index (χ3n) is 3.63. The van der Waals surface area contributed by atoms with Gasteiger partial charge in [-0.2, -0.15) is 0 Å². The number of hydrogen-bond donors (Lipinski definition) is 1. The number of aryl methyl sites for hydroxylation is 1. The largest absolute Gasteiger partial charge is 0.342 e. The molecular weight excluding hydrogens is 224 g/mol. The maximum Gasteiger partial charge on any atom is 0.206 e. The van der Waals surface area contributed by atoms with E-state index >= 15 is 0 Å². The number of fused-ring (bicyclic) bond motifs is 1. The Balaban J connectivity index is 2.13. The molecule has 0 spiro atoms. The second kappa shape index (κ2) is 4.61. The normalized spacial score (nSPS) is 15.8. The molecule has 1 aromatic heterocycles. The third kappa shape index (κ3) is 1.86. The Bertz CT molecular complexity index is 552. The van der Waals surface area contributed by atoms with Gasteiger partial charge in [0.1, 0.15) is 0 Å². The second-order valence-corrected chi connectivity index (χ2v) is 5.04. The molecule has 2 N–H and O–H groups in total. The summed E-state index contributed by atoms with van der Waals surface area (Å²) in [6.45, 7) is 5.84. The van der Waals surface area contributed by atoms with E-state index in [1.165, 1.54) is 23.9 Å². The zero-order valence-corrected chi connectivity index (χ0v) is 10.9. The van der Waals surface area contributed by atoms with E-state index in [1.807, 2.05) is 0 Å². The van der Waals surface area contributed by atoms with Crippen LogP contribution in [0.2, 0.25) is 0 Å². The van der Waals surface area contributed by atoms with Gasteiger partial charge in [0.25, 0.3) is 0 Å². The highest BCUT2D eigenvalue weighted by molar-refractivity contribution is 5.79. The molecule has 1 aromatic carbocycles. The van der Waals surface area contributed by atoms with Crippen molar-refractivity contribution in [2.24, 2.45) is 5.73 Å². The summed E-state index contributed by atoms with van der Waals surface area (Å²) in [4.78, 5) is 7.19. The highest BCUT2D eigenvalue weighted by atomic mass is 15.3. The van der Waals surface area contributed by atoms with E-state index in [-0.39, 0.29) is 0 Å². The summed E-state index contributed by atoms with van der Waals surface area (Å²) in [5, 5.41) is 0. The molecule has 4 nitrogen and oxygen atoms in total. The van der Waals surface area contributed by atoms with Crippen LogP contribution in [0.15, 0.2) is 18.2 Å². The van der Waals surface area contributed by atoms with Crippen LogP contribution in [0.3, 0.4) is 0 Å². The zero-order valence-electron chi connectivity index (χ0n) is 10.9. The van der Waals surface area contributed by atoms with Crippen LogP contribution >= 0.6 is 0 Å². The van der Waals surface area contributed by atoms with Gasteiger partial charge in [0.15, 0.2) is 0 Å². The van der Waals surface area contributed by atoms with Crippen molar-refractivity contribution in [1.82, 2.24) is 9.55 Å². The molecule has 1 aliphatic heterocycles. The van der Waals surface area contributed by atoms with E-state index in [0.29, 0.717) is 6.54 Å². The van der Waals surface area contributed by atoms with E-state index in [9.17, 15) is 0 Å². The van der Waals surface area contributed by atoms with Gasteiger partial charge >= 0.3 is 0 Å². The molecule has 4 heteroatoms. The number of rotatable bonds is 3. The van der Waals surface area contributed by atoms with Crippen LogP contribution in [0.25, 0.3) is 11.0 Å². The molecule has 96 valence electrons. The minimum atomic E-state index is 0.653. The lowest BCUT2D eigenvalue weighted by Gasteiger charge is -2.18. The van der Waals surface area contributed by atoms with Gasteiger partial charge in [0.2, 0.25) is 5.95 Å². The Kier molecular flexibility index (Phi) is 2.96. The van der Waals surface area contributed by atoms with Crippen LogP contribution in [0.1, 0.15) is 18.4 Å². The minimum Gasteiger partial charge on any atom is -0.342 e. The van der Waals surface area contributed by atoms with Crippen LogP contribution < -0.4 is 10.6 Å². The second-order valence-electron chi connectivity index (χ2n) is 5.04. The smallest absolute Gasteiger partial charge is 0.206 e. The Hall–Kier alpha value is -1.55. The number of benzene rings is 1. The number of anilines is 1. The fraction of sp³-hybridized carbons (Fsp3) is 0.500. The van der Waals surface area contributed by atoms with Gasteiger partial charge in [0.05, 0.1) is 11.0 Å². The first-order chi connectivity index (χ1) is 8.79. The molecule has 2 heterocycles. The predicted octanol–water partition coefficient (Wildman–Crippen LogP) is 1.90. The Morgan fingerprint density at radius 1 is 1.28 bits per heavy atom. The van der Waals surface area contributed by atoms with Gasteiger partial charge in [-0.25, -0.2) is 4.98 Å². The predicted molar refractivity (Wildman–Crippen MR) is 75.0 cm³/mol. The maximum atomic E-state index is 5.74. The first-order valence-electron chi connectivity index (χ1n) is 6.71. The standard InChI is InChI=1S/C14H20N4/c1-11-4-5-13-12(10-11)16-14(18(13)9-6-15)17-7-2-3-8-17/h4-5,10H,2-3,6-9,15H2,1H3. The lowest BCUT2D eigenvalue weighted by molar-refractivity contribution is 0.707. The lowest BCUT2D eigenvalue weighted by Crippen LogP contribution is -2.23. The molecule has 18 heavy (non-hydrogen) atoms. The average molecular weight is 244 g/mol. The van der Waals surface area contributed by atoms with Crippen molar-refractivity contribution >= 4 is 17.0 Å². The maximum absolute atomic E-state index is 5.74. The summed E-state index contributed by atoms with van der Waals surface area (Å²) in [5.74, 6) is 1.10. The van der Waals surface area contributed by atoms with Crippen molar-refractivity contribution < 1.29 is 0 Å². The molecule has 1 saturated heterocycles. The summed E-state index contributed by atoms with van der Waals surface area (Å²) in [6.07, 6.45) is 2.54. The fourth-order valence-electron chi connectivity index (χ4n) is 2.74. The highest BCUT2D eigenvalue weighted by Gasteiger charge is 2.19. The molecule has 0 unspecified atom stereocenters. The molecule has 2 aromatic rings. The molecule has 0 aliphatic carbocycles. The summed E-state index contributed by atoms with van der Waals surface area (Å²) < 4.78 is 2.26. The van der Waals surface area contributed by atoms with Crippen molar-refractivity contribution in [2.45, 2.75) is 26.3 Å². The van der Waals surface area contributed by atoms with E-state index < -0.39 is 0 Å². The van der Waals surface area contributed by atoms with Crippen molar-refractivity contribution in [2.75, 3.05) is 24.5 Å². The van der Waals surface area contributed by atoms with Crippen molar-refractivity contribution in [3.05, 3.63) is 23.8 Å². The molecule has 0 saturated carbocycles. The number of nitrogens with two attached hydrogens (primary N) is 1. The van der Waals surface area contributed by atoms with Gasteiger partial charge in [-0.05, 0) is 37.5 Å². The van der Waals surface area contributed by atoms with Crippen LogP contribution in [0.5, 0.6) is 0 Å². The van der Waals surface area contributed by atoms with E-state index in [1.54, 1.807) is 0 Å². The fourth-order valence-corrected chi connectivity index (χ4v) is 2.74. The van der Waals surface area contributed by atoms with Crippen LogP contribution in [0.4, 0.5) is 5.95 Å². The van der Waals surface area contributed by atoms with E-state index in [2.05, 4.69) is 34.6 Å². The molecule has 3 rings (SSSR count). The number of imidazole rings is 1. The van der Waals surface area contributed by atoms with Gasteiger partial charge < -0.3 is 15.2 Å². The van der Waals surface area contributed by atoms with Crippen LogP contribution in [0, 0.1) is 6.92 Å². The van der Waals surface area contributed by atoms with Crippen molar-refractivity contribution in [1.29, 1.82) is 0 Å². The minimum absolute atomic E-state index is 0.653. The first kappa shape index (κ1) is 11.5. The van der Waals surface area contributed by atoms with Crippen LogP contribution in [-0.4, -0.2) is 29.2 Å². The first-order valence-corrected chi connectivity index (χ1v) is 6.71. The van der Waals surface area contributed by atoms with Gasteiger partial charge in [-0.15, -0.1) is 0 Å². The number of hydrogen-bond acceptors (Lipinski definition) is 3. The monoisotopic (exact) mass is 244 g/mol. The Morgan fingerprint density at radius 2 is 2.06 bits per heavy atom. The summed E-state index contributed by atoms with van der Waals surface area (Å²) in [7, 11) is 0. The molecule has 0 atom stereocenters. The SMILES string of the molecule is Cc1ccc2c(c1)nc(N1CCCC1)n2CCN. The molecule has 1 fully saturated rings. The topological polar surface area (TPSA) is 47.1 Å². The zero-order chi connectivity index (χ0) is 12.5. The Labute approximate surface area is 107 Å². The molecule has 0 amide bonds. The lowest BCUT2D eigenvalue weighted by atomic mass is 10.2. The van der Waals surface area contributed by atoms with Gasteiger partial charge in [-0.1, -0.05) is 6.07 Å². The summed E-state index contributed by atoms with van der Waals surface area (Å²) in [6, 6.07) is 6.46. The van der Waals surface area contributed by atoms with Gasteiger partial charge in [0, 0.05) is 26.2 Å². The third-order valence-corrected chi connectivity index (χ3v) is 3.63. The molecule has 0 bridgehead atoms. The van der Waals surface area contributed by atoms with Crippen molar-refractivity contribution in [3.63, 3.8) is 0 Å². The quantitative estimate of drug-likeness (QED) is 0.897. The molecule has 0 radical (unpaired) electrons. The molecule has 1 aliphatic rings. The summed E-state index contributed by atoms with van der Waals surface area (Å²) in [5.41, 5.74) is 9.29. The van der Waals surface area contributed by atoms with Crippen LogP contribution in [-0.2, 0) is 6.54 Å². The molecular formula is C14H20N4. The van der Waals surface area contributed by atoms with Crippen molar-refractivity contribution in [3.8, 4) is 0 Å². The van der Waals surface area contributed by atoms with Gasteiger partial charge in [-0.3, -0.25) is 0 Å². The highest BCUT2D eigenvalue weighted by Crippen LogP contribution is 2.25. The number of aromatic nitrogens is 2. The average Bonchev–Trinajstić information content (AvgIpc) is 2.97. The summed E-state index contributed by atoms with van der Waals surface area (Å²) >= 11 is 0. The van der Waals surface area contributed by atoms with E-state index in [4.69, 9.17) is 10.7 Å². The van der Waals surface area contributed by atoms with E-state index in [0.717, 1.165) is 31.1 Å².